The molecule has 120 valence electrons. The van der Waals surface area contributed by atoms with Crippen molar-refractivity contribution in [3.05, 3.63) is 59.9 Å². The van der Waals surface area contributed by atoms with Gasteiger partial charge in [0.15, 0.2) is 0 Å². The highest BCUT2D eigenvalue weighted by atomic mass is 16.5. The second-order valence-electron chi connectivity index (χ2n) is 5.52. The molecule has 0 aliphatic carbocycles. The van der Waals surface area contributed by atoms with Crippen molar-refractivity contribution in [1.82, 2.24) is 4.98 Å². The van der Waals surface area contributed by atoms with Gasteiger partial charge < -0.3 is 9.47 Å². The van der Waals surface area contributed by atoms with Crippen molar-refractivity contribution in [3.63, 3.8) is 0 Å². The molecule has 24 heavy (non-hydrogen) atoms. The van der Waals surface area contributed by atoms with Gasteiger partial charge in [-0.05, 0) is 36.2 Å². The highest BCUT2D eigenvalue weighted by molar-refractivity contribution is 6.21. The van der Waals surface area contributed by atoms with E-state index in [-0.39, 0.29) is 0 Å². The molecule has 5 heteroatoms. The maximum atomic E-state index is 8.88. The molecule has 0 saturated heterocycles. The maximum absolute atomic E-state index is 8.88. The fourth-order valence-electron chi connectivity index (χ4n) is 2.48. The summed E-state index contributed by atoms with van der Waals surface area (Å²) in [5.41, 5.74) is 2.30. The highest BCUT2D eigenvalue weighted by Gasteiger charge is 2.21. The summed E-state index contributed by atoms with van der Waals surface area (Å²) in [6.45, 7) is 2.77. The van der Waals surface area contributed by atoms with E-state index < -0.39 is 0 Å². The molecule has 1 atom stereocenters. The Morgan fingerprint density at radius 1 is 1.21 bits per heavy atom. The third-order valence-corrected chi connectivity index (χ3v) is 3.69. The van der Waals surface area contributed by atoms with Crippen molar-refractivity contribution in [1.29, 1.82) is 5.26 Å². The molecule has 1 aromatic carbocycles. The second-order valence-corrected chi connectivity index (χ2v) is 5.52. The van der Waals surface area contributed by atoms with E-state index in [1.165, 1.54) is 0 Å². The van der Waals surface area contributed by atoms with Gasteiger partial charge in [0, 0.05) is 30.1 Å². The third-order valence-electron chi connectivity index (χ3n) is 3.69. The molecule has 2 heterocycles. The van der Waals surface area contributed by atoms with Crippen LogP contribution in [0.3, 0.4) is 0 Å². The van der Waals surface area contributed by atoms with Crippen LogP contribution in [-0.2, 0) is 0 Å². The number of dihydropyridines is 1. The average molecular weight is 319 g/mol. The van der Waals surface area contributed by atoms with Gasteiger partial charge in [-0.2, -0.15) is 5.26 Å². The minimum atomic E-state index is 0.304. The Hall–Kier alpha value is -3.13. The molecule has 0 amide bonds. The summed E-state index contributed by atoms with van der Waals surface area (Å²) >= 11 is 0. The molecule has 1 aliphatic heterocycles. The van der Waals surface area contributed by atoms with E-state index >= 15 is 0 Å². The third kappa shape index (κ3) is 3.28. The van der Waals surface area contributed by atoms with Crippen LogP contribution in [-0.4, -0.2) is 24.5 Å². The van der Waals surface area contributed by atoms with E-state index in [2.05, 4.69) is 29.0 Å². The number of nitrogens with zero attached hydrogens (tertiary/aromatic N) is 3. The van der Waals surface area contributed by atoms with E-state index in [1.807, 2.05) is 6.07 Å². The Balaban J connectivity index is 1.93. The number of methoxy groups -OCH3 is 1. The summed E-state index contributed by atoms with van der Waals surface area (Å²) < 4.78 is 11.4. The number of hydrogen-bond acceptors (Lipinski definition) is 5. The molecule has 5 nitrogen and oxygen atoms in total. The van der Waals surface area contributed by atoms with Crippen LogP contribution in [0.1, 0.15) is 18.1 Å². The number of aliphatic imine (C=N–C) groups is 1. The Labute approximate surface area is 140 Å². The average Bonchev–Trinajstić information content (AvgIpc) is 2.63. The van der Waals surface area contributed by atoms with E-state index in [9.17, 15) is 0 Å². The molecule has 2 aromatic rings. The fourth-order valence-corrected chi connectivity index (χ4v) is 2.48. The molecule has 0 radical (unpaired) electrons. The Bertz CT molecular complexity index is 832. The summed E-state index contributed by atoms with van der Waals surface area (Å²) in [5.74, 6) is 2.19. The van der Waals surface area contributed by atoms with Crippen molar-refractivity contribution in [3.8, 4) is 17.6 Å². The number of ether oxygens (including phenoxy) is 2. The quantitative estimate of drug-likeness (QED) is 0.868. The van der Waals surface area contributed by atoms with Crippen LogP contribution < -0.4 is 9.47 Å². The van der Waals surface area contributed by atoms with Crippen molar-refractivity contribution in [2.75, 3.05) is 13.7 Å². The second kappa shape index (κ2) is 6.97. The van der Waals surface area contributed by atoms with E-state index in [1.54, 1.807) is 43.8 Å². The molecule has 1 aliphatic rings. The molecule has 0 spiro atoms. The topological polar surface area (TPSA) is 67.5 Å². The zero-order valence-electron chi connectivity index (χ0n) is 13.6. The van der Waals surface area contributed by atoms with Gasteiger partial charge in [0.25, 0.3) is 0 Å². The van der Waals surface area contributed by atoms with Crippen molar-refractivity contribution in [2.24, 2.45) is 10.9 Å². The minimum absolute atomic E-state index is 0.304. The van der Waals surface area contributed by atoms with Crippen LogP contribution in [0.15, 0.2) is 53.8 Å². The van der Waals surface area contributed by atoms with Crippen LogP contribution in [0.25, 0.3) is 5.57 Å². The van der Waals surface area contributed by atoms with Gasteiger partial charge in [-0.25, -0.2) is 0 Å². The lowest BCUT2D eigenvalue weighted by Gasteiger charge is -2.20. The smallest absolute Gasteiger partial charge is 0.222 e. The first-order valence-electron chi connectivity index (χ1n) is 7.64. The Morgan fingerprint density at radius 2 is 2.00 bits per heavy atom. The number of nitriles is 1. The number of aromatic nitrogens is 1. The standard InChI is InChI=1S/C19H17N3O2/c1-13-9-16(17-12-21-8-7-18(17)23-2)19(22-11-13)24-15-5-3-14(10-20)4-6-15/h3-9,12-13H,11H2,1-2H3. The van der Waals surface area contributed by atoms with Crippen molar-refractivity contribution in [2.45, 2.75) is 6.92 Å². The van der Waals surface area contributed by atoms with E-state index in [0.717, 1.165) is 16.9 Å². The SMILES string of the molecule is COc1ccncc1C1=CC(C)CN=C1Oc1ccc(C#N)cc1. The number of benzene rings is 1. The summed E-state index contributed by atoms with van der Waals surface area (Å²) in [4.78, 5) is 8.75. The number of pyridine rings is 1. The van der Waals surface area contributed by atoms with E-state index in [0.29, 0.717) is 29.7 Å². The Morgan fingerprint density at radius 3 is 2.71 bits per heavy atom. The number of hydrogen-bond donors (Lipinski definition) is 0. The van der Waals surface area contributed by atoms with Crippen LogP contribution >= 0.6 is 0 Å². The lowest BCUT2D eigenvalue weighted by Crippen LogP contribution is -2.19. The molecule has 1 aromatic heterocycles. The lowest BCUT2D eigenvalue weighted by molar-refractivity contribution is 0.412. The van der Waals surface area contributed by atoms with Gasteiger partial charge >= 0.3 is 0 Å². The molecule has 0 N–H and O–H groups in total. The zero-order valence-corrected chi connectivity index (χ0v) is 13.6. The normalized spacial score (nSPS) is 16.6. The first kappa shape index (κ1) is 15.8. The van der Waals surface area contributed by atoms with Crippen molar-refractivity contribution < 1.29 is 9.47 Å². The van der Waals surface area contributed by atoms with Crippen LogP contribution in [0.2, 0.25) is 0 Å². The predicted molar refractivity (Wildman–Crippen MR) is 92.0 cm³/mol. The summed E-state index contributed by atoms with van der Waals surface area (Å²) in [5, 5.41) is 8.88. The molecule has 1 unspecified atom stereocenters. The summed E-state index contributed by atoms with van der Waals surface area (Å²) in [7, 11) is 1.63. The van der Waals surface area contributed by atoms with Gasteiger partial charge in [-0.3, -0.25) is 9.98 Å². The van der Waals surface area contributed by atoms with Gasteiger partial charge in [-0.1, -0.05) is 13.0 Å². The van der Waals surface area contributed by atoms with Gasteiger partial charge in [0.1, 0.15) is 11.5 Å². The summed E-state index contributed by atoms with van der Waals surface area (Å²) in [6, 6.07) is 10.9. The molecule has 3 rings (SSSR count). The lowest BCUT2D eigenvalue weighted by atomic mass is 9.98. The summed E-state index contributed by atoms with van der Waals surface area (Å²) in [6.07, 6.45) is 5.55. The first-order valence-corrected chi connectivity index (χ1v) is 7.64. The molecular weight excluding hydrogens is 302 g/mol. The van der Waals surface area contributed by atoms with E-state index in [4.69, 9.17) is 14.7 Å². The minimum Gasteiger partial charge on any atom is -0.496 e. The Kier molecular flexibility index (Phi) is 4.57. The van der Waals surface area contributed by atoms with Crippen LogP contribution in [0, 0.1) is 17.2 Å². The molecule has 0 saturated carbocycles. The fraction of sp³-hybridized carbons (Fsp3) is 0.211. The van der Waals surface area contributed by atoms with Gasteiger partial charge in [0.05, 0.1) is 18.7 Å². The first-order chi connectivity index (χ1) is 11.7. The maximum Gasteiger partial charge on any atom is 0.222 e. The molecule has 0 bridgehead atoms. The monoisotopic (exact) mass is 319 g/mol. The van der Waals surface area contributed by atoms with Crippen LogP contribution in [0.5, 0.6) is 11.5 Å². The van der Waals surface area contributed by atoms with Gasteiger partial charge in [-0.15, -0.1) is 0 Å². The van der Waals surface area contributed by atoms with Gasteiger partial charge in [0.2, 0.25) is 5.90 Å². The zero-order chi connectivity index (χ0) is 16.9. The molecule has 0 fully saturated rings. The molecular formula is C19H17N3O2. The predicted octanol–water partition coefficient (Wildman–Crippen LogP) is 3.47. The highest BCUT2D eigenvalue weighted by Crippen LogP contribution is 2.30. The number of rotatable bonds is 3. The van der Waals surface area contributed by atoms with Crippen molar-refractivity contribution >= 4 is 11.5 Å². The van der Waals surface area contributed by atoms with Crippen LogP contribution in [0.4, 0.5) is 0 Å². The largest absolute Gasteiger partial charge is 0.496 e.